The average Bonchev–Trinajstić information content (AvgIpc) is 0.822. The first-order valence-corrected chi connectivity index (χ1v) is 47.0. The number of halogens is 16. The second kappa shape index (κ2) is 50.2. The molecule has 2 unspecified atom stereocenters. The molecule has 11 amide bonds. The summed E-state index contributed by atoms with van der Waals surface area (Å²) in [6.07, 6.45) is 15.8. The summed E-state index contributed by atoms with van der Waals surface area (Å²) in [5.41, 5.74) is 6.34. The van der Waals surface area contributed by atoms with Gasteiger partial charge in [0.05, 0.1) is 65.1 Å². The molecule has 748 valence electrons. The average molecular weight is 2030 g/mol. The first-order chi connectivity index (χ1) is 66.5. The predicted octanol–water partition coefficient (Wildman–Crippen LogP) is 21.6. The zero-order valence-electron chi connectivity index (χ0n) is 76.9. The van der Waals surface area contributed by atoms with Crippen molar-refractivity contribution >= 4 is 140 Å². The highest BCUT2D eigenvalue weighted by molar-refractivity contribution is 6.33. The van der Waals surface area contributed by atoms with Gasteiger partial charge in [0.2, 0.25) is 17.7 Å². The van der Waals surface area contributed by atoms with Crippen molar-refractivity contribution in [3.8, 4) is 0 Å². The number of nitrogens with zero attached hydrogens (tertiary/aromatic N) is 12. The van der Waals surface area contributed by atoms with Crippen LogP contribution in [-0.2, 0) is 69.6 Å². The third-order valence-electron chi connectivity index (χ3n) is 23.9. The van der Waals surface area contributed by atoms with Crippen LogP contribution in [0.15, 0.2) is 147 Å². The lowest BCUT2D eigenvalue weighted by Gasteiger charge is -2.26. The number of hydrogen-bond acceptors (Lipinski definition) is 16. The molecule has 4 aliphatic heterocycles. The van der Waals surface area contributed by atoms with Crippen LogP contribution in [0.3, 0.4) is 0 Å². The van der Waals surface area contributed by atoms with E-state index in [0.717, 1.165) is 132 Å². The van der Waals surface area contributed by atoms with E-state index in [0.29, 0.717) is 203 Å². The number of nitrogens with one attached hydrogen (secondary N) is 7. The molecule has 43 heteroatoms. The van der Waals surface area contributed by atoms with E-state index < -0.39 is 71.1 Å². The number of amides is 11. The molecule has 6 aliphatic rings. The van der Waals surface area contributed by atoms with Gasteiger partial charge in [-0.3, -0.25) is 60.4 Å². The Kier molecular flexibility index (Phi) is 38.7. The van der Waals surface area contributed by atoms with E-state index in [-0.39, 0.29) is 58.9 Å². The highest BCUT2D eigenvalue weighted by Crippen LogP contribution is 2.38. The Bertz CT molecular complexity index is 5810. The summed E-state index contributed by atoms with van der Waals surface area (Å²) in [5.74, 6) is 0.964. The Hall–Kier alpha value is -12.4. The van der Waals surface area contributed by atoms with Gasteiger partial charge in [0.1, 0.15) is 29.1 Å². The van der Waals surface area contributed by atoms with E-state index in [2.05, 4.69) is 77.1 Å². The molecule has 2 fully saturated rings. The number of Topliss-reactive ketones (excluding diaryl/α,β-unsaturated/α-hetero) is 1. The molecule has 0 aromatic carbocycles. The summed E-state index contributed by atoms with van der Waals surface area (Å²) in [6.45, 7) is 10.6. The number of alkyl halides is 12. The maximum absolute atomic E-state index is 12.7. The van der Waals surface area contributed by atoms with Crippen molar-refractivity contribution in [2.75, 3.05) is 86.7 Å². The number of carbonyl (C=O) groups excluding carboxylic acids is 8. The van der Waals surface area contributed by atoms with Crippen LogP contribution in [0.25, 0.3) is 22.3 Å². The fourth-order valence-electron chi connectivity index (χ4n) is 16.2. The fraction of sp³-hybridized carbons (Fsp3) is 0.423. The van der Waals surface area contributed by atoms with Crippen molar-refractivity contribution in [1.82, 2.24) is 75.4 Å². The zero-order valence-corrected chi connectivity index (χ0v) is 79.9. The fourth-order valence-corrected chi connectivity index (χ4v) is 17.5. The number of rotatable bonds is 23. The van der Waals surface area contributed by atoms with Gasteiger partial charge in [-0.15, -0.1) is 0 Å². The van der Waals surface area contributed by atoms with Crippen molar-refractivity contribution < 1.29 is 91.0 Å². The summed E-state index contributed by atoms with van der Waals surface area (Å²) in [6, 6.07) is 13.4. The van der Waals surface area contributed by atoms with Crippen LogP contribution >= 0.6 is 46.4 Å². The molecule has 140 heavy (non-hydrogen) atoms. The maximum Gasteiger partial charge on any atom is 0.417 e. The van der Waals surface area contributed by atoms with E-state index in [9.17, 15) is 91.0 Å². The minimum atomic E-state index is -4.49. The number of pyridine rings is 8. The van der Waals surface area contributed by atoms with Crippen molar-refractivity contribution in [1.29, 1.82) is 0 Å². The molecule has 0 spiro atoms. The quantitative estimate of drug-likeness (QED) is 0.0293. The van der Waals surface area contributed by atoms with Gasteiger partial charge in [0.15, 0.2) is 0 Å². The Balaban J connectivity index is 0.000000179. The molecular formula is C97H105Cl4F12N19O8. The van der Waals surface area contributed by atoms with Crippen molar-refractivity contribution in [3.63, 3.8) is 0 Å². The van der Waals surface area contributed by atoms with Crippen LogP contribution < -0.4 is 37.2 Å². The van der Waals surface area contributed by atoms with E-state index in [4.69, 9.17) is 46.4 Å². The van der Waals surface area contributed by atoms with E-state index >= 15 is 0 Å². The molecule has 2 atom stereocenters. The Morgan fingerprint density at radius 2 is 0.679 bits per heavy atom. The monoisotopic (exact) mass is 2030 g/mol. The lowest BCUT2D eigenvalue weighted by atomic mass is 9.83. The molecule has 0 bridgehead atoms. The summed E-state index contributed by atoms with van der Waals surface area (Å²) in [4.78, 5) is 136. The van der Waals surface area contributed by atoms with Crippen LogP contribution in [0.1, 0.15) is 191 Å². The van der Waals surface area contributed by atoms with Gasteiger partial charge >= 0.3 is 48.8 Å². The molecule has 2 aliphatic carbocycles. The minimum Gasteiger partial charge on any atom is -0.356 e. The number of aromatic nitrogens is 8. The summed E-state index contributed by atoms with van der Waals surface area (Å²) < 4.78 is 152. The molecule has 27 nitrogen and oxygen atoms in total. The topological polar surface area (TPSA) is 337 Å². The Morgan fingerprint density at radius 3 is 0.957 bits per heavy atom. The van der Waals surface area contributed by atoms with Gasteiger partial charge in [-0.2, -0.15) is 52.7 Å². The second-order valence-corrected chi connectivity index (χ2v) is 36.2. The molecule has 8 aromatic rings. The van der Waals surface area contributed by atoms with E-state index in [1.165, 1.54) is 59.1 Å². The van der Waals surface area contributed by atoms with Gasteiger partial charge in [0.25, 0.3) is 0 Å². The smallest absolute Gasteiger partial charge is 0.356 e. The van der Waals surface area contributed by atoms with E-state index in [1.807, 2.05) is 62.4 Å². The minimum absolute atomic E-state index is 0.0385. The molecule has 12 heterocycles. The molecule has 0 saturated heterocycles. The van der Waals surface area contributed by atoms with Crippen molar-refractivity contribution in [3.05, 3.63) is 234 Å². The normalized spacial score (nSPS) is 15.9. The van der Waals surface area contributed by atoms with Crippen LogP contribution in [0, 0.1) is 17.8 Å². The second-order valence-electron chi connectivity index (χ2n) is 34.5. The Morgan fingerprint density at radius 1 is 0.379 bits per heavy atom. The van der Waals surface area contributed by atoms with Gasteiger partial charge in [-0.1, -0.05) is 129 Å². The van der Waals surface area contributed by atoms with Crippen LogP contribution in [0.5, 0.6) is 0 Å². The highest BCUT2D eigenvalue weighted by atomic mass is 35.5. The van der Waals surface area contributed by atoms with Gasteiger partial charge in [-0.05, 0) is 194 Å². The maximum atomic E-state index is 12.7. The first kappa shape index (κ1) is 108. The molecule has 14 rings (SSSR count). The predicted molar refractivity (Wildman–Crippen MR) is 508 cm³/mol. The molecule has 7 N–H and O–H groups in total. The standard InChI is InChI=1S/C28H32ClF3N4O2.C26H29ClF3N5O2.C22H23ClF3N5O2.C21H21ClF3N5O2/c1-18(24(37)15-19-5-3-2-4-6-19)13-20-14-23(29)26(34-16-20)21-9-11-36(12-10-21)27(38)35-25-8-7-22(17-33-25)28(30,31)32;27-21-14-17(8-11-31-24(36)19-4-2-1-3-5-19)15-33-23(21)18-9-12-35(13-10-18)25(37)34-22-7-6-20(16-32-22)26(28,29)30;1-13(29-14(2)32)9-15-10-18(23)20(28-11-15)16-5-7-31(8-6-16)21(33)30-19-4-3-17(12-27-19)22(24,25)26;1-13(31)26-7-4-14-10-17(22)19(28-11-14)15-5-8-30(9-6-15)20(32)29-18-3-2-16(12-27-18)21(23,24)25/h7-9,14,16-19H,2-6,10-13,15H2,1H3,(H,33,35,38);6-7,9,14-16,19H,1-5,8,10-13H2,(H,31,36)(H,32,34,37);3-5,10-13H,6-9H2,1-2H3,(H,29,32)(H,27,30,33);2-3,5,10-12H,4,6-9H2,1H3,(H,26,31)(H,27,29,32). The number of hydrogen-bond donors (Lipinski definition) is 7. The highest BCUT2D eigenvalue weighted by Gasteiger charge is 2.36. The van der Waals surface area contributed by atoms with Gasteiger partial charge in [-0.25, -0.2) is 39.1 Å². The third-order valence-corrected chi connectivity index (χ3v) is 25.0. The van der Waals surface area contributed by atoms with Gasteiger partial charge < -0.3 is 35.6 Å². The molecule has 8 aromatic heterocycles. The lowest BCUT2D eigenvalue weighted by Crippen LogP contribution is -2.38. The largest absolute Gasteiger partial charge is 0.417 e. The SMILES string of the molecule is CC(=O)NC(C)Cc1cnc(C2=CCN(C(=O)Nc3ccc(C(F)(F)F)cn3)CC2)c(Cl)c1.CC(=O)NCCc1cnc(C2=CCN(C(=O)Nc3ccc(C(F)(F)F)cn3)CC2)c(Cl)c1.CC(Cc1cnc(C2=CCN(C(=O)Nc3ccc(C(F)(F)F)cn3)CC2)c(Cl)c1)C(=O)CC1CCCCC1.O=C(NCCc1cnc(C2=CCN(C(=O)Nc3ccc(C(F)(F)F)cn3)CC2)c(Cl)c1)C1CCCCC1. The lowest BCUT2D eigenvalue weighted by molar-refractivity contribution is -0.138. The summed E-state index contributed by atoms with van der Waals surface area (Å²) in [7, 11) is 0. The molecule has 2 saturated carbocycles. The van der Waals surface area contributed by atoms with Crippen molar-refractivity contribution in [2.24, 2.45) is 17.8 Å². The third kappa shape index (κ3) is 32.9. The zero-order chi connectivity index (χ0) is 101. The number of ketones is 1. The molecular weight excluding hydrogens is 1930 g/mol. The van der Waals surface area contributed by atoms with Crippen LogP contribution in [0.2, 0.25) is 20.1 Å². The van der Waals surface area contributed by atoms with Crippen LogP contribution in [-0.4, -0.2) is 179 Å². The summed E-state index contributed by atoms with van der Waals surface area (Å²) in [5, 5.41) is 20.6. The number of anilines is 4. The number of carbonyl (C=O) groups is 8. The first-order valence-electron chi connectivity index (χ1n) is 45.5. The number of urea groups is 4. The Labute approximate surface area is 820 Å². The van der Waals surface area contributed by atoms with Gasteiger partial charge in [0, 0.05) is 153 Å². The van der Waals surface area contributed by atoms with E-state index in [1.54, 1.807) is 24.8 Å². The van der Waals surface area contributed by atoms with Crippen molar-refractivity contribution in [2.45, 2.75) is 180 Å². The molecule has 0 radical (unpaired) electrons. The summed E-state index contributed by atoms with van der Waals surface area (Å²) >= 11 is 25.9. The van der Waals surface area contributed by atoms with Crippen LogP contribution in [0.4, 0.5) is 95.1 Å².